The molecule has 1 aromatic heterocycles. The second-order valence-corrected chi connectivity index (χ2v) is 8.13. The second kappa shape index (κ2) is 9.94. The summed E-state index contributed by atoms with van der Waals surface area (Å²) in [5.74, 6) is 0.257. The molecule has 2 aromatic rings. The molecular formula is C21H24ClNO4S. The summed E-state index contributed by atoms with van der Waals surface area (Å²) in [6.45, 7) is 2.54. The van der Waals surface area contributed by atoms with E-state index in [1.165, 1.54) is 16.2 Å². The van der Waals surface area contributed by atoms with Crippen molar-refractivity contribution in [3.63, 3.8) is 0 Å². The van der Waals surface area contributed by atoms with Crippen molar-refractivity contribution in [1.82, 2.24) is 0 Å². The average Bonchev–Trinajstić information content (AvgIpc) is 3.04. The van der Waals surface area contributed by atoms with Crippen LogP contribution < -0.4 is 10.1 Å². The van der Waals surface area contributed by atoms with E-state index >= 15 is 0 Å². The zero-order valence-corrected chi connectivity index (χ0v) is 17.5. The molecule has 1 heterocycles. The number of rotatable bonds is 8. The first kappa shape index (κ1) is 20.7. The van der Waals surface area contributed by atoms with E-state index in [2.05, 4.69) is 5.32 Å². The van der Waals surface area contributed by atoms with Gasteiger partial charge in [-0.15, -0.1) is 11.3 Å². The Bertz CT molecular complexity index is 832. The predicted octanol–water partition coefficient (Wildman–Crippen LogP) is 5.25. The lowest BCUT2D eigenvalue weighted by Crippen LogP contribution is -2.16. The van der Waals surface area contributed by atoms with E-state index in [9.17, 15) is 9.59 Å². The number of hydrogen-bond acceptors (Lipinski definition) is 5. The van der Waals surface area contributed by atoms with Gasteiger partial charge in [0.05, 0.1) is 18.8 Å². The van der Waals surface area contributed by atoms with Crippen LogP contribution in [0.5, 0.6) is 5.75 Å². The molecule has 1 N–H and O–H groups in total. The van der Waals surface area contributed by atoms with Gasteiger partial charge in [0.1, 0.15) is 10.8 Å². The summed E-state index contributed by atoms with van der Waals surface area (Å²) in [5.41, 5.74) is 1.60. The van der Waals surface area contributed by atoms with Gasteiger partial charge < -0.3 is 14.8 Å². The van der Waals surface area contributed by atoms with Gasteiger partial charge in [0, 0.05) is 16.3 Å². The van der Waals surface area contributed by atoms with Crippen molar-refractivity contribution >= 4 is 39.8 Å². The predicted molar refractivity (Wildman–Crippen MR) is 112 cm³/mol. The highest BCUT2D eigenvalue weighted by Crippen LogP contribution is 2.38. The van der Waals surface area contributed by atoms with Crippen molar-refractivity contribution in [3.05, 3.63) is 45.3 Å². The number of thiophene rings is 1. The number of nitrogens with one attached hydrogen (secondary N) is 1. The Balaban J connectivity index is 1.56. The first-order valence-corrected chi connectivity index (χ1v) is 10.8. The van der Waals surface area contributed by atoms with Crippen molar-refractivity contribution in [3.8, 4) is 5.75 Å². The summed E-state index contributed by atoms with van der Waals surface area (Å²) in [4.78, 5) is 26.0. The third kappa shape index (κ3) is 5.26. The van der Waals surface area contributed by atoms with Gasteiger partial charge in [-0.3, -0.25) is 4.79 Å². The number of fused-ring (bicyclic) bond motifs is 1. The Morgan fingerprint density at radius 1 is 1.18 bits per heavy atom. The van der Waals surface area contributed by atoms with Crippen LogP contribution in [0.3, 0.4) is 0 Å². The van der Waals surface area contributed by atoms with Crippen LogP contribution in [0.1, 0.15) is 53.4 Å². The number of aryl methyl sites for hydroxylation is 1. The lowest BCUT2D eigenvalue weighted by atomic mass is 9.95. The minimum Gasteiger partial charge on any atom is -0.494 e. The van der Waals surface area contributed by atoms with Crippen LogP contribution in [0.25, 0.3) is 0 Å². The third-order valence-electron chi connectivity index (χ3n) is 4.53. The third-order valence-corrected chi connectivity index (χ3v) is 5.99. The number of hydrogen-bond donors (Lipinski definition) is 1. The van der Waals surface area contributed by atoms with Crippen LogP contribution in [0.2, 0.25) is 5.02 Å². The molecule has 0 radical (unpaired) electrons. The zero-order valence-electron chi connectivity index (χ0n) is 15.9. The summed E-state index contributed by atoms with van der Waals surface area (Å²) < 4.78 is 10.8. The standard InChI is InChI=1S/C21H24ClNO4S/c1-2-26-21(25)19-16-6-3-4-7-17(16)28-20(19)23-18(24)8-5-13-27-15-11-9-14(22)10-12-15/h9-12H,2-8,13H2,1H3,(H,23,24). The molecule has 0 fully saturated rings. The maximum absolute atomic E-state index is 12.4. The highest BCUT2D eigenvalue weighted by atomic mass is 35.5. The molecular weight excluding hydrogens is 398 g/mol. The Morgan fingerprint density at radius 3 is 2.68 bits per heavy atom. The van der Waals surface area contributed by atoms with E-state index in [4.69, 9.17) is 21.1 Å². The fourth-order valence-electron chi connectivity index (χ4n) is 3.22. The molecule has 1 aliphatic carbocycles. The topological polar surface area (TPSA) is 64.6 Å². The lowest BCUT2D eigenvalue weighted by Gasteiger charge is -2.12. The van der Waals surface area contributed by atoms with E-state index in [0.29, 0.717) is 41.6 Å². The molecule has 0 unspecified atom stereocenters. The molecule has 3 rings (SSSR count). The number of carbonyl (C=O) groups is 2. The summed E-state index contributed by atoms with van der Waals surface area (Å²) in [6.07, 6.45) is 4.89. The fraction of sp³-hybridized carbons (Fsp3) is 0.429. The molecule has 0 spiro atoms. The molecule has 0 saturated carbocycles. The first-order chi connectivity index (χ1) is 13.6. The van der Waals surface area contributed by atoms with Crippen LogP contribution in [-0.4, -0.2) is 25.1 Å². The summed E-state index contributed by atoms with van der Waals surface area (Å²) >= 11 is 7.35. The van der Waals surface area contributed by atoms with E-state index in [0.717, 1.165) is 37.0 Å². The normalized spacial score (nSPS) is 12.9. The summed E-state index contributed by atoms with van der Waals surface area (Å²) in [7, 11) is 0. The van der Waals surface area contributed by atoms with Gasteiger partial charge in [-0.05, 0) is 68.9 Å². The average molecular weight is 422 g/mol. The first-order valence-electron chi connectivity index (χ1n) is 9.58. The molecule has 0 aliphatic heterocycles. The number of carbonyl (C=O) groups excluding carboxylic acids is 2. The van der Waals surface area contributed by atoms with E-state index < -0.39 is 0 Å². The van der Waals surface area contributed by atoms with Crippen LogP contribution in [0.4, 0.5) is 5.00 Å². The highest BCUT2D eigenvalue weighted by molar-refractivity contribution is 7.17. The Labute approximate surface area is 174 Å². The van der Waals surface area contributed by atoms with Crippen molar-refractivity contribution in [2.24, 2.45) is 0 Å². The number of esters is 1. The molecule has 5 nitrogen and oxygen atoms in total. The van der Waals surface area contributed by atoms with Gasteiger partial charge in [0.25, 0.3) is 0 Å². The number of benzene rings is 1. The van der Waals surface area contributed by atoms with Crippen LogP contribution in [-0.2, 0) is 22.4 Å². The minimum atomic E-state index is -0.344. The lowest BCUT2D eigenvalue weighted by molar-refractivity contribution is -0.116. The smallest absolute Gasteiger partial charge is 0.341 e. The monoisotopic (exact) mass is 421 g/mol. The molecule has 0 bridgehead atoms. The maximum Gasteiger partial charge on any atom is 0.341 e. The number of halogens is 1. The molecule has 1 amide bonds. The highest BCUT2D eigenvalue weighted by Gasteiger charge is 2.27. The second-order valence-electron chi connectivity index (χ2n) is 6.59. The summed E-state index contributed by atoms with van der Waals surface area (Å²) in [5, 5.41) is 4.19. The SMILES string of the molecule is CCOC(=O)c1c(NC(=O)CCCOc2ccc(Cl)cc2)sc2c1CCCC2. The van der Waals surface area contributed by atoms with E-state index in [1.807, 2.05) is 0 Å². The molecule has 1 aromatic carbocycles. The zero-order chi connectivity index (χ0) is 19.9. The largest absolute Gasteiger partial charge is 0.494 e. The van der Waals surface area contributed by atoms with Crippen molar-refractivity contribution in [1.29, 1.82) is 0 Å². The Kier molecular flexibility index (Phi) is 7.34. The van der Waals surface area contributed by atoms with Gasteiger partial charge in [-0.2, -0.15) is 0 Å². The van der Waals surface area contributed by atoms with Gasteiger partial charge in [-0.1, -0.05) is 11.6 Å². The fourth-order valence-corrected chi connectivity index (χ4v) is 4.64. The quantitative estimate of drug-likeness (QED) is 0.466. The van der Waals surface area contributed by atoms with Gasteiger partial charge in [0.2, 0.25) is 5.91 Å². The molecule has 7 heteroatoms. The van der Waals surface area contributed by atoms with Crippen LogP contribution in [0.15, 0.2) is 24.3 Å². The number of amides is 1. The van der Waals surface area contributed by atoms with Crippen LogP contribution >= 0.6 is 22.9 Å². The van der Waals surface area contributed by atoms with Crippen molar-refractivity contribution in [2.75, 3.05) is 18.5 Å². The molecule has 150 valence electrons. The van der Waals surface area contributed by atoms with E-state index in [-0.39, 0.29) is 11.9 Å². The molecule has 0 atom stereocenters. The Morgan fingerprint density at radius 2 is 1.93 bits per heavy atom. The molecule has 1 aliphatic rings. The number of anilines is 1. The van der Waals surface area contributed by atoms with Crippen molar-refractivity contribution in [2.45, 2.75) is 45.4 Å². The maximum atomic E-state index is 12.4. The molecule has 0 saturated heterocycles. The molecule has 28 heavy (non-hydrogen) atoms. The van der Waals surface area contributed by atoms with Crippen molar-refractivity contribution < 1.29 is 19.1 Å². The van der Waals surface area contributed by atoms with Gasteiger partial charge >= 0.3 is 5.97 Å². The number of ether oxygens (including phenoxy) is 2. The van der Waals surface area contributed by atoms with Gasteiger partial charge in [0.15, 0.2) is 0 Å². The minimum absolute atomic E-state index is 0.121. The van der Waals surface area contributed by atoms with Gasteiger partial charge in [-0.25, -0.2) is 4.79 Å². The Hall–Kier alpha value is -2.05. The van der Waals surface area contributed by atoms with Crippen LogP contribution in [0, 0.1) is 0 Å². The summed E-state index contributed by atoms with van der Waals surface area (Å²) in [6, 6.07) is 7.12. The van der Waals surface area contributed by atoms with E-state index in [1.54, 1.807) is 31.2 Å².